The Morgan fingerprint density at radius 2 is 2.06 bits per heavy atom. The summed E-state index contributed by atoms with van der Waals surface area (Å²) in [6.45, 7) is 5.46. The van der Waals surface area contributed by atoms with Crippen LogP contribution >= 0.6 is 11.8 Å². The van der Waals surface area contributed by atoms with Gasteiger partial charge in [-0.2, -0.15) is 17.0 Å². The zero-order valence-electron chi connectivity index (χ0n) is 11.1. The van der Waals surface area contributed by atoms with Gasteiger partial charge in [0.05, 0.1) is 6.07 Å². The van der Waals surface area contributed by atoms with Gasteiger partial charge in [-0.25, -0.2) is 4.79 Å². The van der Waals surface area contributed by atoms with E-state index >= 15 is 0 Å². The standard InChI is InChI=1S/C12H20N2O2S/c1-11(2,3)16-10(15)14(4)9(8-13)12(17-5)6-7-12/h9H,6-7H2,1-5H3. The van der Waals surface area contributed by atoms with Crippen LogP contribution in [-0.4, -0.2) is 40.7 Å². The summed E-state index contributed by atoms with van der Waals surface area (Å²) < 4.78 is 5.19. The highest BCUT2D eigenvalue weighted by molar-refractivity contribution is 8.00. The second-order valence-electron chi connectivity index (χ2n) is 5.39. The highest BCUT2D eigenvalue weighted by atomic mass is 32.2. The van der Waals surface area contributed by atoms with Crippen LogP contribution in [0.3, 0.4) is 0 Å². The summed E-state index contributed by atoms with van der Waals surface area (Å²) in [4.78, 5) is 13.3. The molecule has 0 spiro atoms. The Kier molecular flexibility index (Phi) is 3.98. The molecule has 4 nitrogen and oxygen atoms in total. The van der Waals surface area contributed by atoms with Gasteiger partial charge in [-0.15, -0.1) is 0 Å². The first-order valence-corrected chi connectivity index (χ1v) is 6.89. The molecular formula is C12H20N2O2S. The zero-order chi connectivity index (χ0) is 13.3. The number of amides is 1. The van der Waals surface area contributed by atoms with Crippen LogP contribution < -0.4 is 0 Å². The fourth-order valence-electron chi connectivity index (χ4n) is 1.71. The molecule has 0 radical (unpaired) electrons. The Hall–Kier alpha value is -0.890. The van der Waals surface area contributed by atoms with Crippen molar-refractivity contribution < 1.29 is 9.53 Å². The second-order valence-corrected chi connectivity index (χ2v) is 6.61. The maximum atomic E-state index is 11.9. The number of thioether (sulfide) groups is 1. The van der Waals surface area contributed by atoms with Crippen molar-refractivity contribution in [3.63, 3.8) is 0 Å². The van der Waals surface area contributed by atoms with Crippen molar-refractivity contribution in [3.8, 4) is 6.07 Å². The summed E-state index contributed by atoms with van der Waals surface area (Å²) in [6, 6.07) is 1.82. The van der Waals surface area contributed by atoms with E-state index in [0.717, 1.165) is 12.8 Å². The van der Waals surface area contributed by atoms with Crippen LogP contribution in [0.1, 0.15) is 33.6 Å². The summed E-state index contributed by atoms with van der Waals surface area (Å²) in [6.07, 6.45) is 3.53. The first-order chi connectivity index (χ1) is 7.75. The van der Waals surface area contributed by atoms with E-state index in [-0.39, 0.29) is 4.75 Å². The summed E-state index contributed by atoms with van der Waals surface area (Å²) in [7, 11) is 1.64. The molecule has 5 heteroatoms. The van der Waals surface area contributed by atoms with E-state index in [4.69, 9.17) is 4.74 Å². The fourth-order valence-corrected chi connectivity index (χ4v) is 2.65. The first-order valence-electron chi connectivity index (χ1n) is 5.66. The van der Waals surface area contributed by atoms with E-state index in [1.165, 1.54) is 4.90 Å². The fraction of sp³-hybridized carbons (Fsp3) is 0.833. The Balaban J connectivity index is 2.71. The quantitative estimate of drug-likeness (QED) is 0.779. The predicted octanol–water partition coefficient (Wildman–Crippen LogP) is 2.64. The topological polar surface area (TPSA) is 53.3 Å². The van der Waals surface area contributed by atoms with Gasteiger partial charge in [0.1, 0.15) is 11.6 Å². The molecule has 1 aliphatic rings. The molecule has 0 bridgehead atoms. The molecule has 0 saturated heterocycles. The molecule has 0 N–H and O–H groups in total. The van der Waals surface area contributed by atoms with Crippen LogP contribution in [0.15, 0.2) is 0 Å². The number of hydrogen-bond donors (Lipinski definition) is 0. The molecule has 0 aromatic carbocycles. The average Bonchev–Trinajstić information content (AvgIpc) is 2.97. The maximum Gasteiger partial charge on any atom is 0.411 e. The molecule has 96 valence electrons. The number of carbonyl (C=O) groups is 1. The Morgan fingerprint density at radius 1 is 1.53 bits per heavy atom. The molecule has 1 aliphatic carbocycles. The molecule has 0 aliphatic heterocycles. The van der Waals surface area contributed by atoms with Crippen molar-refractivity contribution in [2.45, 2.75) is 50.0 Å². The third-order valence-electron chi connectivity index (χ3n) is 2.84. The van der Waals surface area contributed by atoms with E-state index in [1.807, 2.05) is 27.0 Å². The van der Waals surface area contributed by atoms with Crippen LogP contribution in [0, 0.1) is 11.3 Å². The number of ether oxygens (including phenoxy) is 1. The number of nitriles is 1. The van der Waals surface area contributed by atoms with Gasteiger partial charge in [-0.3, -0.25) is 4.90 Å². The lowest BCUT2D eigenvalue weighted by molar-refractivity contribution is 0.0254. The van der Waals surface area contributed by atoms with Gasteiger partial charge < -0.3 is 4.74 Å². The molecule has 1 amide bonds. The van der Waals surface area contributed by atoms with Crippen molar-refractivity contribution in [2.24, 2.45) is 0 Å². The van der Waals surface area contributed by atoms with Crippen LogP contribution in [0.5, 0.6) is 0 Å². The number of nitrogens with zero attached hydrogens (tertiary/aromatic N) is 2. The zero-order valence-corrected chi connectivity index (χ0v) is 11.9. The van der Waals surface area contributed by atoms with E-state index in [0.29, 0.717) is 0 Å². The lowest BCUT2D eigenvalue weighted by Gasteiger charge is -2.31. The Bertz CT molecular complexity index is 339. The summed E-state index contributed by atoms with van der Waals surface area (Å²) in [5, 5.41) is 9.24. The lowest BCUT2D eigenvalue weighted by Crippen LogP contribution is -2.45. The first kappa shape index (κ1) is 14.2. The smallest absolute Gasteiger partial charge is 0.411 e. The Morgan fingerprint density at radius 3 is 2.35 bits per heavy atom. The van der Waals surface area contributed by atoms with Crippen molar-refractivity contribution >= 4 is 17.9 Å². The minimum Gasteiger partial charge on any atom is -0.444 e. The maximum absolute atomic E-state index is 11.9. The van der Waals surface area contributed by atoms with Gasteiger partial charge in [-0.1, -0.05) is 0 Å². The highest BCUT2D eigenvalue weighted by Gasteiger charge is 2.52. The molecular weight excluding hydrogens is 236 g/mol. The van der Waals surface area contributed by atoms with E-state index in [9.17, 15) is 10.1 Å². The highest BCUT2D eigenvalue weighted by Crippen LogP contribution is 2.51. The van der Waals surface area contributed by atoms with Crippen LogP contribution in [0.2, 0.25) is 0 Å². The predicted molar refractivity (Wildman–Crippen MR) is 68.9 cm³/mol. The van der Waals surface area contributed by atoms with Crippen molar-refractivity contribution in [3.05, 3.63) is 0 Å². The number of hydrogen-bond acceptors (Lipinski definition) is 4. The number of carbonyl (C=O) groups excluding carboxylic acids is 1. The summed E-state index contributed by atoms with van der Waals surface area (Å²) >= 11 is 1.66. The third kappa shape index (κ3) is 3.29. The van der Waals surface area contributed by atoms with Gasteiger partial charge in [0.2, 0.25) is 0 Å². The summed E-state index contributed by atoms with van der Waals surface area (Å²) in [5.41, 5.74) is -0.526. The summed E-state index contributed by atoms with van der Waals surface area (Å²) in [5.74, 6) is 0. The van der Waals surface area contributed by atoms with Gasteiger partial charge >= 0.3 is 6.09 Å². The SMILES string of the molecule is CSC1(C(C#N)N(C)C(=O)OC(C)(C)C)CC1. The molecule has 0 aromatic heterocycles. The molecule has 1 rings (SSSR count). The largest absolute Gasteiger partial charge is 0.444 e. The lowest BCUT2D eigenvalue weighted by atomic mass is 10.2. The van der Waals surface area contributed by atoms with Gasteiger partial charge in [-0.05, 0) is 39.9 Å². The molecule has 1 unspecified atom stereocenters. The number of rotatable bonds is 3. The van der Waals surface area contributed by atoms with E-state index < -0.39 is 17.7 Å². The average molecular weight is 256 g/mol. The normalized spacial score (nSPS) is 19.1. The van der Waals surface area contributed by atoms with Crippen molar-refractivity contribution in [1.29, 1.82) is 5.26 Å². The van der Waals surface area contributed by atoms with Gasteiger partial charge in [0.15, 0.2) is 0 Å². The van der Waals surface area contributed by atoms with Gasteiger partial charge in [0, 0.05) is 11.8 Å². The van der Waals surface area contributed by atoms with Gasteiger partial charge in [0.25, 0.3) is 0 Å². The molecule has 1 saturated carbocycles. The molecule has 0 aromatic rings. The van der Waals surface area contributed by atoms with Crippen LogP contribution in [0.4, 0.5) is 4.79 Å². The third-order valence-corrected chi connectivity index (χ3v) is 4.28. The Labute approximate surface area is 107 Å². The van der Waals surface area contributed by atoms with Crippen LogP contribution in [-0.2, 0) is 4.74 Å². The van der Waals surface area contributed by atoms with Crippen molar-refractivity contribution in [1.82, 2.24) is 4.90 Å². The molecule has 17 heavy (non-hydrogen) atoms. The molecule has 1 atom stereocenters. The minimum atomic E-state index is -0.526. The van der Waals surface area contributed by atoms with Crippen molar-refractivity contribution in [2.75, 3.05) is 13.3 Å². The molecule has 1 fully saturated rings. The minimum absolute atomic E-state index is 0.0829. The second kappa shape index (κ2) is 4.77. The van der Waals surface area contributed by atoms with Crippen LogP contribution in [0.25, 0.3) is 0 Å². The monoisotopic (exact) mass is 256 g/mol. The molecule has 0 heterocycles. The van der Waals surface area contributed by atoms with E-state index in [2.05, 4.69) is 6.07 Å². The van der Waals surface area contributed by atoms with E-state index in [1.54, 1.807) is 18.8 Å².